The van der Waals surface area contributed by atoms with Crippen LogP contribution in [0.2, 0.25) is 0 Å². The van der Waals surface area contributed by atoms with Crippen molar-refractivity contribution in [3.05, 3.63) is 29.3 Å². The molecule has 1 aliphatic carbocycles. The SMILES string of the molecule is CC(C)C(C)N(C)c1c(F)cc(CNC2CC2)cc1F. The molecule has 0 amide bonds. The lowest BCUT2D eigenvalue weighted by Gasteiger charge is -2.30. The van der Waals surface area contributed by atoms with Gasteiger partial charge in [-0.25, -0.2) is 8.78 Å². The van der Waals surface area contributed by atoms with Crippen molar-refractivity contribution in [1.29, 1.82) is 0 Å². The summed E-state index contributed by atoms with van der Waals surface area (Å²) in [4.78, 5) is 1.69. The lowest BCUT2D eigenvalue weighted by molar-refractivity contribution is 0.485. The van der Waals surface area contributed by atoms with Crippen LogP contribution in [0.5, 0.6) is 0 Å². The third-order valence-corrected chi connectivity index (χ3v) is 4.18. The van der Waals surface area contributed by atoms with Crippen molar-refractivity contribution in [2.75, 3.05) is 11.9 Å². The number of rotatable bonds is 6. The number of nitrogens with zero attached hydrogens (tertiary/aromatic N) is 1. The van der Waals surface area contributed by atoms with Crippen molar-refractivity contribution in [2.45, 2.75) is 52.2 Å². The Hall–Kier alpha value is -1.16. The molecule has 2 nitrogen and oxygen atoms in total. The summed E-state index contributed by atoms with van der Waals surface area (Å²) in [5.74, 6) is -0.629. The van der Waals surface area contributed by atoms with Crippen molar-refractivity contribution in [1.82, 2.24) is 5.32 Å². The van der Waals surface area contributed by atoms with E-state index in [-0.39, 0.29) is 11.7 Å². The molecule has 1 unspecified atom stereocenters. The van der Waals surface area contributed by atoms with Crippen LogP contribution in [0.15, 0.2) is 12.1 Å². The lowest BCUT2D eigenvalue weighted by atomic mass is 10.0. The maximum atomic E-state index is 14.2. The first-order valence-electron chi connectivity index (χ1n) is 7.34. The summed E-state index contributed by atoms with van der Waals surface area (Å²) >= 11 is 0. The number of halogens is 2. The smallest absolute Gasteiger partial charge is 0.149 e. The summed E-state index contributed by atoms with van der Waals surface area (Å²) in [5.41, 5.74) is 0.739. The van der Waals surface area contributed by atoms with Gasteiger partial charge >= 0.3 is 0 Å². The van der Waals surface area contributed by atoms with Gasteiger partial charge < -0.3 is 10.2 Å². The van der Waals surface area contributed by atoms with Crippen molar-refractivity contribution in [2.24, 2.45) is 5.92 Å². The van der Waals surface area contributed by atoms with Crippen molar-refractivity contribution < 1.29 is 8.78 Å². The van der Waals surface area contributed by atoms with Crippen LogP contribution in [0.1, 0.15) is 39.2 Å². The Morgan fingerprint density at radius 2 is 1.75 bits per heavy atom. The minimum atomic E-state index is -0.479. The van der Waals surface area contributed by atoms with Gasteiger partial charge in [0.1, 0.15) is 17.3 Å². The van der Waals surface area contributed by atoms with E-state index >= 15 is 0 Å². The normalized spacial score (nSPS) is 16.6. The molecule has 20 heavy (non-hydrogen) atoms. The van der Waals surface area contributed by atoms with E-state index in [2.05, 4.69) is 5.32 Å². The number of benzene rings is 1. The third-order valence-electron chi connectivity index (χ3n) is 4.18. The highest BCUT2D eigenvalue weighted by molar-refractivity contribution is 5.51. The summed E-state index contributed by atoms with van der Waals surface area (Å²) in [6.45, 7) is 6.60. The predicted molar refractivity (Wildman–Crippen MR) is 78.9 cm³/mol. The van der Waals surface area contributed by atoms with Gasteiger partial charge in [-0.2, -0.15) is 0 Å². The molecule has 4 heteroatoms. The van der Waals surface area contributed by atoms with Gasteiger partial charge in [0.05, 0.1) is 0 Å². The molecule has 0 bridgehead atoms. The molecule has 0 saturated heterocycles. The van der Waals surface area contributed by atoms with E-state index in [4.69, 9.17) is 0 Å². The summed E-state index contributed by atoms with van der Waals surface area (Å²) < 4.78 is 28.4. The average Bonchev–Trinajstić information content (AvgIpc) is 3.18. The fourth-order valence-electron chi connectivity index (χ4n) is 2.26. The zero-order valence-electron chi connectivity index (χ0n) is 12.7. The molecule has 1 atom stereocenters. The maximum Gasteiger partial charge on any atom is 0.149 e. The summed E-state index contributed by atoms with van der Waals surface area (Å²) in [6, 6.07) is 3.49. The van der Waals surface area contributed by atoms with Gasteiger partial charge in [0.15, 0.2) is 0 Å². The van der Waals surface area contributed by atoms with E-state index in [1.54, 1.807) is 11.9 Å². The quantitative estimate of drug-likeness (QED) is 0.856. The zero-order valence-corrected chi connectivity index (χ0v) is 12.7. The molecule has 0 spiro atoms. The molecular formula is C16H24F2N2. The Balaban J connectivity index is 2.16. The maximum absolute atomic E-state index is 14.2. The van der Waals surface area contributed by atoms with Crippen LogP contribution in [0.25, 0.3) is 0 Å². The van der Waals surface area contributed by atoms with E-state index in [1.807, 2.05) is 20.8 Å². The first-order valence-corrected chi connectivity index (χ1v) is 7.34. The van der Waals surface area contributed by atoms with Crippen LogP contribution in [-0.2, 0) is 6.54 Å². The largest absolute Gasteiger partial charge is 0.367 e. The third kappa shape index (κ3) is 3.48. The average molecular weight is 282 g/mol. The molecular weight excluding hydrogens is 258 g/mol. The van der Waals surface area contributed by atoms with E-state index < -0.39 is 11.6 Å². The zero-order chi connectivity index (χ0) is 14.9. The Kier molecular flexibility index (Phi) is 4.63. The van der Waals surface area contributed by atoms with Crippen LogP contribution in [0, 0.1) is 17.6 Å². The number of hydrogen-bond acceptors (Lipinski definition) is 2. The fourth-order valence-corrected chi connectivity index (χ4v) is 2.26. The van der Waals surface area contributed by atoms with Crippen molar-refractivity contribution in [3.63, 3.8) is 0 Å². The highest BCUT2D eigenvalue weighted by Gasteiger charge is 2.23. The highest BCUT2D eigenvalue weighted by Crippen LogP contribution is 2.28. The Bertz CT molecular complexity index is 447. The lowest BCUT2D eigenvalue weighted by Crippen LogP contribution is -2.34. The Labute approximate surface area is 120 Å². The Morgan fingerprint density at radius 1 is 1.20 bits per heavy atom. The van der Waals surface area contributed by atoms with Crippen LogP contribution in [0.4, 0.5) is 14.5 Å². The molecule has 1 saturated carbocycles. The molecule has 1 fully saturated rings. The van der Waals surface area contributed by atoms with E-state index in [9.17, 15) is 8.78 Å². The molecule has 112 valence electrons. The molecule has 1 aromatic carbocycles. The van der Waals surface area contributed by atoms with Gasteiger partial charge in [-0.15, -0.1) is 0 Å². The van der Waals surface area contributed by atoms with Gasteiger partial charge in [0.25, 0.3) is 0 Å². The van der Waals surface area contributed by atoms with E-state index in [0.29, 0.717) is 24.1 Å². The van der Waals surface area contributed by atoms with Crippen molar-refractivity contribution >= 4 is 5.69 Å². The van der Waals surface area contributed by atoms with Gasteiger partial charge in [-0.1, -0.05) is 13.8 Å². The second-order valence-electron chi connectivity index (χ2n) is 6.16. The van der Waals surface area contributed by atoms with Crippen LogP contribution in [0.3, 0.4) is 0 Å². The molecule has 0 aromatic heterocycles. The summed E-state index contributed by atoms with van der Waals surface area (Å²) in [6.07, 6.45) is 2.33. The molecule has 1 aliphatic rings. The first-order chi connectivity index (χ1) is 9.40. The topological polar surface area (TPSA) is 15.3 Å². The van der Waals surface area contributed by atoms with E-state index in [1.165, 1.54) is 12.1 Å². The molecule has 0 heterocycles. The molecule has 0 aliphatic heterocycles. The van der Waals surface area contributed by atoms with Crippen molar-refractivity contribution in [3.8, 4) is 0 Å². The fraction of sp³-hybridized carbons (Fsp3) is 0.625. The molecule has 1 N–H and O–H groups in total. The van der Waals surface area contributed by atoms with Gasteiger partial charge in [-0.3, -0.25) is 0 Å². The Morgan fingerprint density at radius 3 is 2.20 bits per heavy atom. The van der Waals surface area contributed by atoms with Gasteiger partial charge in [0.2, 0.25) is 0 Å². The minimum absolute atomic E-state index is 0.0707. The standard InChI is InChI=1S/C16H24F2N2/c1-10(2)11(3)20(4)16-14(17)7-12(8-15(16)18)9-19-13-5-6-13/h7-8,10-11,13,19H,5-6,9H2,1-4H3. The number of anilines is 1. The van der Waals surface area contributed by atoms with Gasteiger partial charge in [0, 0.05) is 25.7 Å². The van der Waals surface area contributed by atoms with Crippen LogP contribution in [-0.4, -0.2) is 19.1 Å². The second kappa shape index (κ2) is 6.08. The highest BCUT2D eigenvalue weighted by atomic mass is 19.1. The van der Waals surface area contributed by atoms with Crippen LogP contribution >= 0.6 is 0 Å². The minimum Gasteiger partial charge on any atom is -0.367 e. The predicted octanol–water partition coefficient (Wildman–Crippen LogP) is 3.70. The molecule has 1 aromatic rings. The second-order valence-corrected chi connectivity index (χ2v) is 6.16. The van der Waals surface area contributed by atoms with Crippen LogP contribution < -0.4 is 10.2 Å². The van der Waals surface area contributed by atoms with Gasteiger partial charge in [-0.05, 0) is 43.4 Å². The number of hydrogen-bond donors (Lipinski definition) is 1. The molecule has 2 rings (SSSR count). The number of nitrogens with one attached hydrogen (secondary N) is 1. The monoisotopic (exact) mass is 282 g/mol. The van der Waals surface area contributed by atoms with E-state index in [0.717, 1.165) is 12.8 Å². The summed E-state index contributed by atoms with van der Waals surface area (Å²) in [7, 11) is 1.74. The molecule has 0 radical (unpaired) electrons. The first kappa shape index (κ1) is 15.2. The summed E-state index contributed by atoms with van der Waals surface area (Å²) in [5, 5.41) is 3.27.